The van der Waals surface area contributed by atoms with Gasteiger partial charge in [0.1, 0.15) is 5.76 Å². The highest BCUT2D eigenvalue weighted by Gasteiger charge is 2.15. The molecule has 1 aliphatic rings. The van der Waals surface area contributed by atoms with E-state index in [1.165, 1.54) is 0 Å². The van der Waals surface area contributed by atoms with Crippen LogP contribution in [0.25, 0.3) is 0 Å². The maximum atomic E-state index is 10.2. The summed E-state index contributed by atoms with van der Waals surface area (Å²) >= 11 is 0. The number of hydrazine groups is 1. The fourth-order valence-corrected chi connectivity index (χ4v) is 1.35. The van der Waals surface area contributed by atoms with Crippen molar-refractivity contribution in [1.82, 2.24) is 15.6 Å². The van der Waals surface area contributed by atoms with E-state index in [9.17, 15) is 10.1 Å². The molecule has 0 fully saturated rings. The van der Waals surface area contributed by atoms with Crippen LogP contribution in [0.15, 0.2) is 27.8 Å². The molecule has 0 spiro atoms. The number of hydrogen-bond donors (Lipinski definition) is 2. The van der Waals surface area contributed by atoms with Gasteiger partial charge in [0, 0.05) is 0 Å². The van der Waals surface area contributed by atoms with E-state index in [0.29, 0.717) is 19.9 Å². The SMILES string of the molecule is O=[N+]([O-])NC1=NCN(Cc2ccco2)CN1. The minimum atomic E-state index is -0.645. The molecule has 0 bridgehead atoms. The van der Waals surface area contributed by atoms with Crippen molar-refractivity contribution in [2.75, 3.05) is 13.3 Å². The molecule has 2 rings (SSSR count). The molecule has 0 radical (unpaired) electrons. The van der Waals surface area contributed by atoms with Crippen LogP contribution in [0.3, 0.4) is 0 Å². The number of furan rings is 1. The lowest BCUT2D eigenvalue weighted by molar-refractivity contribution is -0.525. The first-order valence-corrected chi connectivity index (χ1v) is 4.68. The molecule has 86 valence electrons. The lowest BCUT2D eigenvalue weighted by Crippen LogP contribution is -2.49. The van der Waals surface area contributed by atoms with Gasteiger partial charge in [0.25, 0.3) is 5.96 Å². The Labute approximate surface area is 91.1 Å². The number of nitrogens with zero attached hydrogens (tertiary/aromatic N) is 3. The standard InChI is InChI=1S/C8H11N5O3/c14-13(15)11-8-9-5-12(6-10-8)4-7-2-1-3-16-7/h1-3H,4-6H2,(H2,9,10,11). The Balaban J connectivity index is 1.84. The molecule has 0 aromatic carbocycles. The summed E-state index contributed by atoms with van der Waals surface area (Å²) in [7, 11) is 0. The van der Waals surface area contributed by atoms with Gasteiger partial charge in [-0.25, -0.2) is 15.1 Å². The third-order valence-corrected chi connectivity index (χ3v) is 2.06. The minimum absolute atomic E-state index is 0.181. The number of nitro groups is 1. The van der Waals surface area contributed by atoms with E-state index in [-0.39, 0.29) is 5.96 Å². The molecule has 1 aromatic heterocycles. The van der Waals surface area contributed by atoms with Gasteiger partial charge in [-0.15, -0.1) is 0 Å². The highest BCUT2D eigenvalue weighted by Crippen LogP contribution is 2.05. The van der Waals surface area contributed by atoms with Gasteiger partial charge in [-0.1, -0.05) is 5.43 Å². The molecule has 0 amide bonds. The van der Waals surface area contributed by atoms with Gasteiger partial charge in [-0.3, -0.25) is 4.90 Å². The number of hydrogen-bond acceptors (Lipinski definition) is 6. The molecule has 0 aliphatic carbocycles. The second-order valence-corrected chi connectivity index (χ2v) is 3.26. The molecule has 8 nitrogen and oxygen atoms in total. The highest BCUT2D eigenvalue weighted by atomic mass is 16.7. The molecule has 0 saturated heterocycles. The lowest BCUT2D eigenvalue weighted by Gasteiger charge is -2.24. The Morgan fingerprint density at radius 1 is 1.75 bits per heavy atom. The minimum Gasteiger partial charge on any atom is -0.468 e. The molecule has 0 atom stereocenters. The lowest BCUT2D eigenvalue weighted by atomic mass is 10.4. The monoisotopic (exact) mass is 225 g/mol. The summed E-state index contributed by atoms with van der Waals surface area (Å²) in [5, 5.41) is 12.3. The molecule has 1 aromatic rings. The number of rotatable bonds is 3. The topological polar surface area (TPSA) is 95.9 Å². The summed E-state index contributed by atoms with van der Waals surface area (Å²) in [6.07, 6.45) is 1.61. The first-order chi connectivity index (χ1) is 7.74. The van der Waals surface area contributed by atoms with Crippen molar-refractivity contribution >= 4 is 5.96 Å². The van der Waals surface area contributed by atoms with Crippen molar-refractivity contribution in [3.63, 3.8) is 0 Å². The van der Waals surface area contributed by atoms with Gasteiger partial charge in [-0.2, -0.15) is 0 Å². The van der Waals surface area contributed by atoms with Gasteiger partial charge in [0.05, 0.1) is 26.1 Å². The predicted octanol–water partition coefficient (Wildman–Crippen LogP) is -0.263. The third kappa shape index (κ3) is 2.70. The van der Waals surface area contributed by atoms with Crippen molar-refractivity contribution in [1.29, 1.82) is 0 Å². The van der Waals surface area contributed by atoms with Crippen LogP contribution in [0.4, 0.5) is 0 Å². The Bertz CT molecular complexity index is 388. The Hall–Kier alpha value is -2.09. The molecular formula is C8H11N5O3. The van der Waals surface area contributed by atoms with Crippen LogP contribution in [-0.2, 0) is 6.54 Å². The van der Waals surface area contributed by atoms with Gasteiger partial charge in [-0.05, 0) is 12.1 Å². The molecular weight excluding hydrogens is 214 g/mol. The van der Waals surface area contributed by atoms with Crippen molar-refractivity contribution in [3.8, 4) is 0 Å². The van der Waals surface area contributed by atoms with Crippen molar-refractivity contribution in [2.45, 2.75) is 6.54 Å². The summed E-state index contributed by atoms with van der Waals surface area (Å²) in [5.41, 5.74) is 1.97. The van der Waals surface area contributed by atoms with Crippen molar-refractivity contribution in [3.05, 3.63) is 34.3 Å². The van der Waals surface area contributed by atoms with Crippen LogP contribution in [0.5, 0.6) is 0 Å². The maximum absolute atomic E-state index is 10.2. The van der Waals surface area contributed by atoms with Gasteiger partial charge >= 0.3 is 0 Å². The van der Waals surface area contributed by atoms with E-state index in [1.54, 1.807) is 6.26 Å². The van der Waals surface area contributed by atoms with Gasteiger partial charge in [0.2, 0.25) is 0 Å². The predicted molar refractivity (Wildman–Crippen MR) is 54.7 cm³/mol. The van der Waals surface area contributed by atoms with E-state index >= 15 is 0 Å². The maximum Gasteiger partial charge on any atom is 0.256 e. The van der Waals surface area contributed by atoms with E-state index in [1.807, 2.05) is 22.5 Å². The van der Waals surface area contributed by atoms with E-state index in [4.69, 9.17) is 4.42 Å². The quantitative estimate of drug-likeness (QED) is 0.543. The number of guanidine groups is 1. The molecule has 8 heteroatoms. The average molecular weight is 225 g/mol. The average Bonchev–Trinajstić information content (AvgIpc) is 2.73. The van der Waals surface area contributed by atoms with Crippen LogP contribution >= 0.6 is 0 Å². The summed E-state index contributed by atoms with van der Waals surface area (Å²) in [5.74, 6) is 1.02. The summed E-state index contributed by atoms with van der Waals surface area (Å²) in [6, 6.07) is 3.68. The van der Waals surface area contributed by atoms with Crippen LogP contribution in [0.1, 0.15) is 5.76 Å². The van der Waals surface area contributed by atoms with E-state index in [0.717, 1.165) is 5.76 Å². The zero-order valence-electron chi connectivity index (χ0n) is 8.42. The number of aliphatic imine (C=N–C) groups is 1. The third-order valence-electron chi connectivity index (χ3n) is 2.06. The molecule has 0 unspecified atom stereocenters. The normalized spacial score (nSPS) is 16.4. The Morgan fingerprint density at radius 2 is 2.62 bits per heavy atom. The number of nitrogens with one attached hydrogen (secondary N) is 2. The Kier molecular flexibility index (Phi) is 3.01. The molecule has 2 N–H and O–H groups in total. The first kappa shape index (κ1) is 10.4. The molecule has 2 heterocycles. The van der Waals surface area contributed by atoms with Gasteiger partial charge in [0.15, 0.2) is 5.03 Å². The fraction of sp³-hybridized carbons (Fsp3) is 0.375. The summed E-state index contributed by atoms with van der Waals surface area (Å²) in [6.45, 7) is 1.50. The van der Waals surface area contributed by atoms with Crippen LogP contribution in [-0.4, -0.2) is 29.2 Å². The second-order valence-electron chi connectivity index (χ2n) is 3.26. The van der Waals surface area contributed by atoms with Crippen molar-refractivity contribution < 1.29 is 9.45 Å². The largest absolute Gasteiger partial charge is 0.468 e. The van der Waals surface area contributed by atoms with Gasteiger partial charge < -0.3 is 9.73 Å². The zero-order valence-corrected chi connectivity index (χ0v) is 8.42. The summed E-state index contributed by atoms with van der Waals surface area (Å²) < 4.78 is 5.19. The van der Waals surface area contributed by atoms with Crippen molar-refractivity contribution in [2.24, 2.45) is 4.99 Å². The molecule has 0 saturated carbocycles. The zero-order chi connectivity index (χ0) is 11.4. The smallest absolute Gasteiger partial charge is 0.256 e. The Morgan fingerprint density at radius 3 is 3.19 bits per heavy atom. The van der Waals surface area contributed by atoms with Crippen LogP contribution in [0.2, 0.25) is 0 Å². The molecule has 16 heavy (non-hydrogen) atoms. The fourth-order valence-electron chi connectivity index (χ4n) is 1.35. The van der Waals surface area contributed by atoms with Crippen LogP contribution < -0.4 is 10.7 Å². The highest BCUT2D eigenvalue weighted by molar-refractivity contribution is 5.78. The van der Waals surface area contributed by atoms with Crippen LogP contribution in [0, 0.1) is 10.1 Å². The van der Waals surface area contributed by atoms with E-state index in [2.05, 4.69) is 10.3 Å². The summed E-state index contributed by atoms with van der Waals surface area (Å²) in [4.78, 5) is 16.1. The van der Waals surface area contributed by atoms with E-state index < -0.39 is 5.03 Å². The molecule has 1 aliphatic heterocycles. The first-order valence-electron chi connectivity index (χ1n) is 4.68. The second kappa shape index (κ2) is 4.62.